The molecule has 0 saturated carbocycles. The first-order valence-electron chi connectivity index (χ1n) is 3.67. The monoisotopic (exact) mass is 292 g/mol. The lowest BCUT2D eigenvalue weighted by molar-refractivity contribution is 0.0693. The molecule has 13 heavy (non-hydrogen) atoms. The molecule has 0 aliphatic rings. The van der Waals surface area contributed by atoms with Crippen LogP contribution in [0, 0.1) is 17.4 Å². The van der Waals surface area contributed by atoms with Gasteiger partial charge in [-0.15, -0.1) is 0 Å². The van der Waals surface area contributed by atoms with E-state index >= 15 is 0 Å². The predicted octanol–water partition coefficient (Wildman–Crippen LogP) is 2.31. The van der Waals surface area contributed by atoms with Crippen molar-refractivity contribution in [3.8, 4) is 5.75 Å². The van der Waals surface area contributed by atoms with Crippen LogP contribution in [0.5, 0.6) is 5.75 Å². The van der Waals surface area contributed by atoms with Crippen molar-refractivity contribution in [3.63, 3.8) is 0 Å². The van der Waals surface area contributed by atoms with Crippen LogP contribution in [0.1, 0.15) is 21.5 Å². The lowest BCUT2D eigenvalue weighted by Gasteiger charge is -2.08. The number of hydrogen-bond acceptors (Lipinski definition) is 2. The largest absolute Gasteiger partial charge is 0.507 e. The Morgan fingerprint density at radius 2 is 2.00 bits per heavy atom. The summed E-state index contributed by atoms with van der Waals surface area (Å²) in [5.41, 5.74) is 1.46. The molecular formula is C9H9IO3. The summed E-state index contributed by atoms with van der Waals surface area (Å²) in [5.74, 6) is -1.23. The molecule has 0 heterocycles. The Hall–Kier alpha value is -0.780. The minimum Gasteiger partial charge on any atom is -0.507 e. The molecule has 0 saturated heterocycles. The van der Waals surface area contributed by atoms with Crippen LogP contribution >= 0.6 is 22.6 Å². The van der Waals surface area contributed by atoms with Crippen molar-refractivity contribution >= 4 is 28.6 Å². The van der Waals surface area contributed by atoms with E-state index in [1.807, 2.05) is 6.92 Å². The molecular weight excluding hydrogens is 283 g/mol. The molecule has 0 bridgehead atoms. The second kappa shape index (κ2) is 3.53. The number of hydrogen-bond donors (Lipinski definition) is 2. The van der Waals surface area contributed by atoms with Crippen molar-refractivity contribution in [2.75, 3.05) is 0 Å². The SMILES string of the molecule is Cc1cc(C(=O)O)c(O)c(C)c1I. The first kappa shape index (κ1) is 10.3. The van der Waals surface area contributed by atoms with Gasteiger partial charge in [-0.1, -0.05) is 0 Å². The fourth-order valence-electron chi connectivity index (χ4n) is 1.11. The van der Waals surface area contributed by atoms with Gasteiger partial charge in [0, 0.05) is 9.13 Å². The number of carboxylic acid groups (broad SMARTS) is 1. The summed E-state index contributed by atoms with van der Waals surface area (Å²) in [6, 6.07) is 1.48. The standard InChI is InChI=1S/C9H9IO3/c1-4-3-6(9(12)13)8(11)5(2)7(4)10/h3,11H,1-2H3,(H,12,13). The van der Waals surface area contributed by atoms with Gasteiger partial charge < -0.3 is 10.2 Å². The lowest BCUT2D eigenvalue weighted by Crippen LogP contribution is -2.00. The van der Waals surface area contributed by atoms with Crippen LogP contribution in [0.4, 0.5) is 0 Å². The molecule has 0 aliphatic heterocycles. The highest BCUT2D eigenvalue weighted by molar-refractivity contribution is 14.1. The van der Waals surface area contributed by atoms with E-state index in [1.165, 1.54) is 6.07 Å². The van der Waals surface area contributed by atoms with Crippen molar-refractivity contribution in [1.82, 2.24) is 0 Å². The van der Waals surface area contributed by atoms with Crippen LogP contribution < -0.4 is 0 Å². The zero-order chi connectivity index (χ0) is 10.2. The van der Waals surface area contributed by atoms with Gasteiger partial charge in [0.05, 0.1) is 0 Å². The van der Waals surface area contributed by atoms with Crippen LogP contribution in [-0.2, 0) is 0 Å². The van der Waals surface area contributed by atoms with E-state index in [2.05, 4.69) is 22.6 Å². The minimum absolute atomic E-state index is 0.0320. The van der Waals surface area contributed by atoms with Crippen LogP contribution in [0.2, 0.25) is 0 Å². The van der Waals surface area contributed by atoms with E-state index in [0.29, 0.717) is 5.56 Å². The molecule has 0 spiro atoms. The van der Waals surface area contributed by atoms with Gasteiger partial charge >= 0.3 is 5.97 Å². The molecule has 1 aromatic rings. The van der Waals surface area contributed by atoms with E-state index in [0.717, 1.165) is 9.13 Å². The van der Waals surface area contributed by atoms with Gasteiger partial charge in [0.1, 0.15) is 11.3 Å². The number of carbonyl (C=O) groups is 1. The summed E-state index contributed by atoms with van der Waals surface area (Å²) in [7, 11) is 0. The van der Waals surface area contributed by atoms with Gasteiger partial charge in [0.15, 0.2) is 0 Å². The van der Waals surface area contributed by atoms with Crippen molar-refractivity contribution < 1.29 is 15.0 Å². The van der Waals surface area contributed by atoms with Gasteiger partial charge in [-0.25, -0.2) is 4.79 Å². The Bertz CT molecular complexity index is 372. The van der Waals surface area contributed by atoms with Crippen LogP contribution in [0.15, 0.2) is 6.07 Å². The molecule has 0 fully saturated rings. The van der Waals surface area contributed by atoms with Crippen LogP contribution in [0.3, 0.4) is 0 Å². The number of carboxylic acids is 1. The molecule has 0 radical (unpaired) electrons. The Kier molecular flexibility index (Phi) is 2.80. The quantitative estimate of drug-likeness (QED) is 0.781. The molecule has 70 valence electrons. The topological polar surface area (TPSA) is 57.5 Å². The first-order chi connectivity index (χ1) is 5.95. The number of aromatic hydroxyl groups is 1. The Labute approximate surface area is 89.5 Å². The third-order valence-corrected chi connectivity index (χ3v) is 3.54. The first-order valence-corrected chi connectivity index (χ1v) is 4.75. The maximum atomic E-state index is 10.7. The maximum Gasteiger partial charge on any atom is 0.339 e. The molecule has 1 rings (SSSR count). The van der Waals surface area contributed by atoms with E-state index in [1.54, 1.807) is 6.92 Å². The summed E-state index contributed by atoms with van der Waals surface area (Å²) >= 11 is 2.08. The highest BCUT2D eigenvalue weighted by Crippen LogP contribution is 2.29. The number of halogens is 1. The average molecular weight is 292 g/mol. The Morgan fingerprint density at radius 1 is 1.46 bits per heavy atom. The van der Waals surface area contributed by atoms with Gasteiger partial charge in [-0.3, -0.25) is 0 Å². The Balaban J connectivity index is 3.50. The highest BCUT2D eigenvalue weighted by atomic mass is 127. The van der Waals surface area contributed by atoms with E-state index < -0.39 is 5.97 Å². The number of benzene rings is 1. The summed E-state index contributed by atoms with van der Waals surface area (Å²) in [6.07, 6.45) is 0. The van der Waals surface area contributed by atoms with Gasteiger partial charge in [0.25, 0.3) is 0 Å². The zero-order valence-corrected chi connectivity index (χ0v) is 9.42. The maximum absolute atomic E-state index is 10.7. The molecule has 2 N–H and O–H groups in total. The number of rotatable bonds is 1. The molecule has 0 amide bonds. The third-order valence-electron chi connectivity index (χ3n) is 1.88. The van der Waals surface area contributed by atoms with E-state index in [9.17, 15) is 9.90 Å². The third kappa shape index (κ3) is 1.77. The van der Waals surface area contributed by atoms with Crippen molar-refractivity contribution in [2.24, 2.45) is 0 Å². The van der Waals surface area contributed by atoms with Crippen LogP contribution in [-0.4, -0.2) is 16.2 Å². The molecule has 0 aliphatic carbocycles. The average Bonchev–Trinajstić information content (AvgIpc) is 2.07. The molecule has 1 aromatic carbocycles. The van der Waals surface area contributed by atoms with Crippen molar-refractivity contribution in [2.45, 2.75) is 13.8 Å². The minimum atomic E-state index is -1.10. The molecule has 0 atom stereocenters. The molecule has 0 unspecified atom stereocenters. The van der Waals surface area contributed by atoms with Gasteiger partial charge in [-0.2, -0.15) is 0 Å². The fraction of sp³-hybridized carbons (Fsp3) is 0.222. The second-order valence-corrected chi connectivity index (χ2v) is 3.91. The summed E-state index contributed by atoms with van der Waals surface area (Å²) < 4.78 is 0.903. The number of phenols is 1. The zero-order valence-electron chi connectivity index (χ0n) is 7.26. The van der Waals surface area contributed by atoms with Crippen molar-refractivity contribution in [1.29, 1.82) is 0 Å². The molecule has 0 aromatic heterocycles. The van der Waals surface area contributed by atoms with Gasteiger partial charge in [-0.05, 0) is 48.1 Å². The summed E-state index contributed by atoms with van der Waals surface area (Å²) in [6.45, 7) is 3.52. The van der Waals surface area contributed by atoms with Crippen LogP contribution in [0.25, 0.3) is 0 Å². The lowest BCUT2D eigenvalue weighted by atomic mass is 10.1. The number of aromatic carboxylic acids is 1. The summed E-state index contributed by atoms with van der Waals surface area (Å²) in [4.78, 5) is 10.7. The van der Waals surface area contributed by atoms with Crippen molar-refractivity contribution in [3.05, 3.63) is 26.3 Å². The Morgan fingerprint density at radius 3 is 2.46 bits per heavy atom. The molecule has 4 heteroatoms. The normalized spacial score (nSPS) is 10.1. The second-order valence-electron chi connectivity index (χ2n) is 2.83. The molecule has 3 nitrogen and oxygen atoms in total. The smallest absolute Gasteiger partial charge is 0.339 e. The predicted molar refractivity (Wildman–Crippen MR) is 57.3 cm³/mol. The highest BCUT2D eigenvalue weighted by Gasteiger charge is 2.15. The number of aryl methyl sites for hydroxylation is 1. The van der Waals surface area contributed by atoms with E-state index in [-0.39, 0.29) is 11.3 Å². The fourth-order valence-corrected chi connectivity index (χ4v) is 1.52. The van der Waals surface area contributed by atoms with Gasteiger partial charge in [0.2, 0.25) is 0 Å². The summed E-state index contributed by atoms with van der Waals surface area (Å²) in [5, 5.41) is 18.2. The van der Waals surface area contributed by atoms with E-state index in [4.69, 9.17) is 5.11 Å².